The Morgan fingerprint density at radius 2 is 2.00 bits per heavy atom. The Hall–Kier alpha value is -1.88. The number of carboxylic acid groups (broad SMARTS) is 1. The third-order valence-corrected chi connectivity index (χ3v) is 3.80. The average Bonchev–Trinajstić information content (AvgIpc) is 2.78. The Balaban J connectivity index is 2.11. The van der Waals surface area contributed by atoms with Crippen molar-refractivity contribution in [2.45, 2.75) is 17.6 Å². The maximum Gasteiger partial charge on any atom is 0.338 e. The minimum atomic E-state index is -1.23. The Labute approximate surface area is 107 Å². The van der Waals surface area contributed by atoms with E-state index < -0.39 is 16.8 Å². The molecule has 0 radical (unpaired) electrons. The molecule has 2 aromatic rings. The first-order chi connectivity index (χ1) is 8.56. The van der Waals surface area contributed by atoms with Gasteiger partial charge in [0, 0.05) is 4.90 Å². The maximum atomic E-state index is 12.0. The first kappa shape index (κ1) is 12.6. The van der Waals surface area contributed by atoms with Crippen LogP contribution in [-0.2, 0) is 16.6 Å². The fourth-order valence-electron chi connectivity index (χ4n) is 1.47. The molecule has 0 spiro atoms. The molecule has 18 heavy (non-hydrogen) atoms. The smallest absolute Gasteiger partial charge is 0.338 e. The monoisotopic (exact) mass is 264 g/mol. The molecular weight excluding hydrogens is 252 g/mol. The van der Waals surface area contributed by atoms with Crippen molar-refractivity contribution in [1.29, 1.82) is 0 Å². The molecule has 0 saturated heterocycles. The van der Waals surface area contributed by atoms with Crippen LogP contribution < -0.4 is 0 Å². The fraction of sp³-hybridized carbons (Fsp3) is 0.154. The van der Waals surface area contributed by atoms with E-state index in [0.717, 1.165) is 11.8 Å². The van der Waals surface area contributed by atoms with Crippen molar-refractivity contribution in [2.75, 3.05) is 0 Å². The zero-order valence-corrected chi connectivity index (χ0v) is 10.6. The molecule has 1 unspecified atom stereocenters. The van der Waals surface area contributed by atoms with Gasteiger partial charge < -0.3 is 9.52 Å². The maximum absolute atomic E-state index is 12.0. The topological polar surface area (TPSA) is 67.5 Å². The summed E-state index contributed by atoms with van der Waals surface area (Å²) in [7, 11) is -1.23. The molecule has 1 aromatic carbocycles. The van der Waals surface area contributed by atoms with Gasteiger partial charge in [-0.15, -0.1) is 0 Å². The number of aryl methyl sites for hydroxylation is 1. The minimum Gasteiger partial charge on any atom is -0.478 e. The van der Waals surface area contributed by atoms with Crippen LogP contribution >= 0.6 is 0 Å². The molecule has 1 aromatic heterocycles. The van der Waals surface area contributed by atoms with Crippen LogP contribution in [-0.4, -0.2) is 15.3 Å². The van der Waals surface area contributed by atoms with Gasteiger partial charge in [-0.05, 0) is 25.1 Å². The second kappa shape index (κ2) is 5.18. The molecule has 2 rings (SSSR count). The number of aromatic carboxylic acids is 1. The van der Waals surface area contributed by atoms with Crippen LogP contribution in [0.15, 0.2) is 45.9 Å². The molecule has 0 saturated carbocycles. The van der Waals surface area contributed by atoms with Crippen molar-refractivity contribution in [1.82, 2.24) is 0 Å². The molecule has 0 aliphatic heterocycles. The van der Waals surface area contributed by atoms with Gasteiger partial charge in [-0.1, -0.05) is 17.7 Å². The molecule has 1 heterocycles. The van der Waals surface area contributed by atoms with E-state index in [9.17, 15) is 9.00 Å². The van der Waals surface area contributed by atoms with E-state index in [-0.39, 0.29) is 11.3 Å². The average molecular weight is 264 g/mol. The number of rotatable bonds is 4. The molecule has 0 amide bonds. The van der Waals surface area contributed by atoms with Gasteiger partial charge >= 0.3 is 5.97 Å². The molecule has 0 fully saturated rings. The van der Waals surface area contributed by atoms with Gasteiger partial charge in [0.1, 0.15) is 12.0 Å². The molecule has 1 N–H and O–H groups in total. The quantitative estimate of drug-likeness (QED) is 0.921. The summed E-state index contributed by atoms with van der Waals surface area (Å²) in [6, 6.07) is 8.77. The van der Waals surface area contributed by atoms with Crippen molar-refractivity contribution < 1.29 is 18.5 Å². The van der Waals surface area contributed by atoms with Crippen LogP contribution in [0.4, 0.5) is 0 Å². The lowest BCUT2D eigenvalue weighted by atomic mass is 10.2. The van der Waals surface area contributed by atoms with Gasteiger partial charge in [0.25, 0.3) is 0 Å². The van der Waals surface area contributed by atoms with Crippen molar-refractivity contribution in [2.24, 2.45) is 0 Å². The standard InChI is InChI=1S/C13H12O4S/c1-9-2-4-12(5-3-9)18(16)8-11-6-10(7-17-11)13(14)15/h2-7H,8H2,1H3,(H,14,15). The molecule has 0 aliphatic rings. The van der Waals surface area contributed by atoms with Gasteiger partial charge in [0.05, 0.1) is 22.1 Å². The van der Waals surface area contributed by atoms with Crippen LogP contribution in [0, 0.1) is 6.92 Å². The van der Waals surface area contributed by atoms with Gasteiger partial charge in [0.15, 0.2) is 0 Å². The number of carbonyl (C=O) groups is 1. The zero-order valence-electron chi connectivity index (χ0n) is 9.75. The molecular formula is C13H12O4S. The molecule has 5 heteroatoms. The highest BCUT2D eigenvalue weighted by molar-refractivity contribution is 7.84. The lowest BCUT2D eigenvalue weighted by Gasteiger charge is -2.00. The Bertz CT molecular complexity index is 583. The van der Waals surface area contributed by atoms with Crippen LogP contribution in [0.25, 0.3) is 0 Å². The lowest BCUT2D eigenvalue weighted by molar-refractivity contribution is 0.0696. The van der Waals surface area contributed by atoms with E-state index >= 15 is 0 Å². The highest BCUT2D eigenvalue weighted by atomic mass is 32.2. The predicted molar refractivity (Wildman–Crippen MR) is 67.0 cm³/mol. The number of carboxylic acids is 1. The summed E-state index contributed by atoms with van der Waals surface area (Å²) in [5, 5.41) is 8.74. The second-order valence-electron chi connectivity index (χ2n) is 3.91. The summed E-state index contributed by atoms with van der Waals surface area (Å²) in [4.78, 5) is 11.4. The zero-order chi connectivity index (χ0) is 13.1. The number of hydrogen-bond acceptors (Lipinski definition) is 3. The van der Waals surface area contributed by atoms with Gasteiger partial charge in [-0.25, -0.2) is 4.79 Å². The van der Waals surface area contributed by atoms with E-state index in [0.29, 0.717) is 10.7 Å². The van der Waals surface area contributed by atoms with Crippen LogP contribution in [0.3, 0.4) is 0 Å². The third kappa shape index (κ3) is 2.87. The molecule has 0 bridgehead atoms. The number of hydrogen-bond donors (Lipinski definition) is 1. The van der Waals surface area contributed by atoms with Crippen molar-refractivity contribution in [3.8, 4) is 0 Å². The molecule has 1 atom stereocenters. The Morgan fingerprint density at radius 1 is 1.33 bits per heavy atom. The summed E-state index contributed by atoms with van der Waals surface area (Å²) in [6.45, 7) is 1.96. The van der Waals surface area contributed by atoms with Crippen molar-refractivity contribution in [3.63, 3.8) is 0 Å². The highest BCUT2D eigenvalue weighted by Gasteiger charge is 2.11. The van der Waals surface area contributed by atoms with Crippen LogP contribution in [0.2, 0.25) is 0 Å². The van der Waals surface area contributed by atoms with E-state index in [1.165, 1.54) is 6.07 Å². The summed E-state index contributed by atoms with van der Waals surface area (Å²) < 4.78 is 17.1. The minimum absolute atomic E-state index is 0.0749. The first-order valence-corrected chi connectivity index (χ1v) is 6.64. The van der Waals surface area contributed by atoms with E-state index in [1.807, 2.05) is 19.1 Å². The van der Waals surface area contributed by atoms with Gasteiger partial charge in [-0.3, -0.25) is 4.21 Å². The number of furan rings is 1. The normalized spacial score (nSPS) is 12.3. The fourth-order valence-corrected chi connectivity index (χ4v) is 2.49. The Morgan fingerprint density at radius 3 is 2.56 bits per heavy atom. The van der Waals surface area contributed by atoms with Crippen molar-refractivity contribution >= 4 is 16.8 Å². The predicted octanol–water partition coefficient (Wildman–Crippen LogP) is 2.59. The van der Waals surface area contributed by atoms with E-state index in [2.05, 4.69) is 0 Å². The van der Waals surface area contributed by atoms with Gasteiger partial charge in [-0.2, -0.15) is 0 Å². The third-order valence-electron chi connectivity index (χ3n) is 2.46. The summed E-state index contributed by atoms with van der Waals surface area (Å²) in [5.41, 5.74) is 1.17. The SMILES string of the molecule is Cc1ccc(S(=O)Cc2cc(C(=O)O)co2)cc1. The lowest BCUT2D eigenvalue weighted by Crippen LogP contribution is -1.96. The Kier molecular flexibility index (Phi) is 3.62. The van der Waals surface area contributed by atoms with Crippen molar-refractivity contribution in [3.05, 3.63) is 53.5 Å². The molecule has 0 aliphatic carbocycles. The summed E-state index contributed by atoms with van der Waals surface area (Å²) in [6.07, 6.45) is 1.16. The second-order valence-corrected chi connectivity index (χ2v) is 5.36. The summed E-state index contributed by atoms with van der Waals surface area (Å²) >= 11 is 0. The number of benzene rings is 1. The molecule has 4 nitrogen and oxygen atoms in total. The highest BCUT2D eigenvalue weighted by Crippen LogP contribution is 2.15. The van der Waals surface area contributed by atoms with Crippen LogP contribution in [0.5, 0.6) is 0 Å². The van der Waals surface area contributed by atoms with E-state index in [1.54, 1.807) is 12.1 Å². The van der Waals surface area contributed by atoms with Crippen LogP contribution in [0.1, 0.15) is 21.7 Å². The van der Waals surface area contributed by atoms with E-state index in [4.69, 9.17) is 9.52 Å². The summed E-state index contributed by atoms with van der Waals surface area (Å²) in [5.74, 6) is -0.464. The first-order valence-electron chi connectivity index (χ1n) is 5.32. The largest absolute Gasteiger partial charge is 0.478 e. The van der Waals surface area contributed by atoms with Gasteiger partial charge in [0.2, 0.25) is 0 Å². The molecule has 94 valence electrons.